The van der Waals surface area contributed by atoms with Gasteiger partial charge in [-0.05, 0) is 17.5 Å². The number of nitrogens with zero attached hydrogens (tertiary/aromatic N) is 1. The summed E-state index contributed by atoms with van der Waals surface area (Å²) < 4.78 is 11.1. The van der Waals surface area contributed by atoms with Crippen LogP contribution in [0.3, 0.4) is 0 Å². The Morgan fingerprint density at radius 1 is 1.04 bits per heavy atom. The summed E-state index contributed by atoms with van der Waals surface area (Å²) in [4.78, 5) is 14.3. The van der Waals surface area contributed by atoms with Gasteiger partial charge in [0.05, 0.1) is 32.3 Å². The molecule has 1 saturated heterocycles. The van der Waals surface area contributed by atoms with E-state index in [1.165, 1.54) is 5.56 Å². The number of hydrogen-bond donors (Lipinski definition) is 0. The van der Waals surface area contributed by atoms with Crippen molar-refractivity contribution in [1.29, 1.82) is 0 Å². The van der Waals surface area contributed by atoms with Crippen LogP contribution in [0, 0.1) is 0 Å². The highest BCUT2D eigenvalue weighted by molar-refractivity contribution is 5.76. The molecule has 126 valence electrons. The third kappa shape index (κ3) is 4.66. The molecule has 0 N–H and O–H groups in total. The number of amides is 1. The first-order chi connectivity index (χ1) is 11.8. The van der Waals surface area contributed by atoms with E-state index in [0.29, 0.717) is 33.0 Å². The smallest absolute Gasteiger partial charge is 0.227 e. The maximum atomic E-state index is 12.4. The summed E-state index contributed by atoms with van der Waals surface area (Å²) in [6, 6.07) is 20.3. The van der Waals surface area contributed by atoms with Crippen molar-refractivity contribution in [2.24, 2.45) is 0 Å². The van der Waals surface area contributed by atoms with E-state index >= 15 is 0 Å². The van der Waals surface area contributed by atoms with Crippen LogP contribution in [0.15, 0.2) is 60.7 Å². The Balaban J connectivity index is 1.43. The molecule has 1 fully saturated rings. The van der Waals surface area contributed by atoms with Crippen molar-refractivity contribution in [3.63, 3.8) is 0 Å². The minimum atomic E-state index is 0.0986. The molecule has 4 heteroatoms. The summed E-state index contributed by atoms with van der Waals surface area (Å²) in [6.07, 6.45) is 1.22. The van der Waals surface area contributed by atoms with E-state index in [1.54, 1.807) is 0 Å². The van der Waals surface area contributed by atoms with Crippen LogP contribution >= 0.6 is 0 Å². The third-order valence-electron chi connectivity index (χ3n) is 4.19. The Morgan fingerprint density at radius 2 is 1.71 bits per heavy atom. The molecule has 0 aliphatic carbocycles. The summed E-state index contributed by atoms with van der Waals surface area (Å²) >= 11 is 0. The topological polar surface area (TPSA) is 38.8 Å². The van der Waals surface area contributed by atoms with Crippen LogP contribution in [0.1, 0.15) is 17.5 Å². The van der Waals surface area contributed by atoms with Crippen molar-refractivity contribution in [2.45, 2.75) is 25.5 Å². The lowest BCUT2D eigenvalue weighted by atomic mass is 10.1. The van der Waals surface area contributed by atoms with Gasteiger partial charge in [-0.3, -0.25) is 4.79 Å². The zero-order chi connectivity index (χ0) is 16.6. The van der Waals surface area contributed by atoms with E-state index in [1.807, 2.05) is 53.4 Å². The molecule has 1 atom stereocenters. The minimum Gasteiger partial charge on any atom is -0.376 e. The zero-order valence-electron chi connectivity index (χ0n) is 13.8. The second-order valence-corrected chi connectivity index (χ2v) is 6.00. The standard InChI is InChI=1S/C20H23NO3/c22-20(11-12-23-14-18-9-5-2-6-10-18)21-16-24-15-19(21)13-17-7-3-1-4-8-17/h1-10,19H,11-16H2/t19-/m1/s1. The molecule has 4 nitrogen and oxygen atoms in total. The molecule has 24 heavy (non-hydrogen) atoms. The molecule has 0 unspecified atom stereocenters. The SMILES string of the molecule is O=C(CCOCc1ccccc1)N1COC[C@H]1Cc1ccccc1. The van der Waals surface area contributed by atoms with E-state index in [-0.39, 0.29) is 11.9 Å². The predicted octanol–water partition coefficient (Wildman–Crippen LogP) is 3.02. The van der Waals surface area contributed by atoms with Crippen molar-refractivity contribution >= 4 is 5.91 Å². The Labute approximate surface area is 143 Å². The average molecular weight is 325 g/mol. The Hall–Kier alpha value is -2.17. The summed E-state index contributed by atoms with van der Waals surface area (Å²) in [5.74, 6) is 0.0986. The van der Waals surface area contributed by atoms with Gasteiger partial charge in [0.25, 0.3) is 0 Å². The normalized spacial score (nSPS) is 17.2. The van der Waals surface area contributed by atoms with Crippen molar-refractivity contribution in [1.82, 2.24) is 4.90 Å². The van der Waals surface area contributed by atoms with Gasteiger partial charge in [0.1, 0.15) is 6.73 Å². The molecule has 1 heterocycles. The predicted molar refractivity (Wildman–Crippen MR) is 92.3 cm³/mol. The fourth-order valence-electron chi connectivity index (χ4n) is 2.88. The number of ether oxygens (including phenoxy) is 2. The van der Waals surface area contributed by atoms with E-state index in [9.17, 15) is 4.79 Å². The molecule has 0 saturated carbocycles. The minimum absolute atomic E-state index is 0.0986. The fraction of sp³-hybridized carbons (Fsp3) is 0.350. The van der Waals surface area contributed by atoms with Gasteiger partial charge in [0.2, 0.25) is 5.91 Å². The molecule has 1 aliphatic rings. The lowest BCUT2D eigenvalue weighted by molar-refractivity contribution is -0.134. The summed E-state index contributed by atoms with van der Waals surface area (Å²) in [5.41, 5.74) is 2.35. The van der Waals surface area contributed by atoms with Gasteiger partial charge in [-0.2, -0.15) is 0 Å². The average Bonchev–Trinajstić information content (AvgIpc) is 3.08. The second kappa shape index (κ2) is 8.62. The van der Waals surface area contributed by atoms with Crippen LogP contribution < -0.4 is 0 Å². The van der Waals surface area contributed by atoms with Gasteiger partial charge in [0.15, 0.2) is 0 Å². The fourth-order valence-corrected chi connectivity index (χ4v) is 2.88. The van der Waals surface area contributed by atoms with Crippen LogP contribution in [0.25, 0.3) is 0 Å². The van der Waals surface area contributed by atoms with Crippen LogP contribution in [0.2, 0.25) is 0 Å². The highest BCUT2D eigenvalue weighted by atomic mass is 16.5. The van der Waals surface area contributed by atoms with Gasteiger partial charge in [0, 0.05) is 0 Å². The molecule has 1 aliphatic heterocycles. The number of benzene rings is 2. The Kier molecular flexibility index (Phi) is 5.99. The molecular formula is C20H23NO3. The molecule has 0 bridgehead atoms. The van der Waals surface area contributed by atoms with Gasteiger partial charge in [-0.25, -0.2) is 0 Å². The van der Waals surface area contributed by atoms with Crippen LogP contribution in [-0.4, -0.2) is 36.8 Å². The van der Waals surface area contributed by atoms with E-state index < -0.39 is 0 Å². The maximum Gasteiger partial charge on any atom is 0.227 e. The van der Waals surface area contributed by atoms with Crippen molar-refractivity contribution < 1.29 is 14.3 Å². The molecule has 0 radical (unpaired) electrons. The Bertz CT molecular complexity index is 630. The van der Waals surface area contributed by atoms with Crippen LogP contribution in [-0.2, 0) is 27.3 Å². The number of carbonyl (C=O) groups excluding carboxylic acids is 1. The lowest BCUT2D eigenvalue weighted by Crippen LogP contribution is -2.38. The Morgan fingerprint density at radius 3 is 2.42 bits per heavy atom. The molecule has 2 aromatic carbocycles. The zero-order valence-corrected chi connectivity index (χ0v) is 13.8. The van der Waals surface area contributed by atoms with Gasteiger partial charge >= 0.3 is 0 Å². The number of carbonyl (C=O) groups is 1. The quantitative estimate of drug-likeness (QED) is 0.735. The highest BCUT2D eigenvalue weighted by Gasteiger charge is 2.29. The summed E-state index contributed by atoms with van der Waals surface area (Å²) in [7, 11) is 0. The van der Waals surface area contributed by atoms with Crippen molar-refractivity contribution in [3.05, 3.63) is 71.8 Å². The number of hydrogen-bond acceptors (Lipinski definition) is 3. The van der Waals surface area contributed by atoms with E-state index in [4.69, 9.17) is 9.47 Å². The second-order valence-electron chi connectivity index (χ2n) is 6.00. The molecule has 0 spiro atoms. The third-order valence-corrected chi connectivity index (χ3v) is 4.19. The van der Waals surface area contributed by atoms with Gasteiger partial charge < -0.3 is 14.4 Å². The van der Waals surface area contributed by atoms with Crippen LogP contribution in [0.4, 0.5) is 0 Å². The lowest BCUT2D eigenvalue weighted by Gasteiger charge is -2.22. The van der Waals surface area contributed by atoms with Gasteiger partial charge in [-0.15, -0.1) is 0 Å². The monoisotopic (exact) mass is 325 g/mol. The van der Waals surface area contributed by atoms with Gasteiger partial charge in [-0.1, -0.05) is 60.7 Å². The van der Waals surface area contributed by atoms with E-state index in [2.05, 4.69) is 12.1 Å². The summed E-state index contributed by atoms with van der Waals surface area (Å²) in [6.45, 7) is 1.96. The molecule has 2 aromatic rings. The number of rotatable bonds is 7. The van der Waals surface area contributed by atoms with Crippen molar-refractivity contribution in [2.75, 3.05) is 19.9 Å². The first kappa shape index (κ1) is 16.7. The molecule has 3 rings (SSSR count). The molecule has 0 aromatic heterocycles. The van der Waals surface area contributed by atoms with Crippen LogP contribution in [0.5, 0.6) is 0 Å². The van der Waals surface area contributed by atoms with E-state index in [0.717, 1.165) is 12.0 Å². The first-order valence-corrected chi connectivity index (χ1v) is 8.36. The molecular weight excluding hydrogens is 302 g/mol. The first-order valence-electron chi connectivity index (χ1n) is 8.36. The highest BCUT2D eigenvalue weighted by Crippen LogP contribution is 2.16. The summed E-state index contributed by atoms with van der Waals surface area (Å²) in [5, 5.41) is 0. The maximum absolute atomic E-state index is 12.4. The largest absolute Gasteiger partial charge is 0.376 e. The van der Waals surface area contributed by atoms with Crippen molar-refractivity contribution in [3.8, 4) is 0 Å². The molecule has 1 amide bonds.